The van der Waals surface area contributed by atoms with Crippen molar-refractivity contribution in [2.45, 2.75) is 25.7 Å². The van der Waals surface area contributed by atoms with E-state index in [1.165, 1.54) is 87.9 Å². The number of nitrogens with zero attached hydrogens (tertiary/aromatic N) is 4. The summed E-state index contributed by atoms with van der Waals surface area (Å²) in [6, 6.07) is 58.5. The largest absolute Gasteiger partial charge is 0.309 e. The first-order valence-electron chi connectivity index (χ1n) is 21.2. The molecule has 4 nitrogen and oxygen atoms in total. The Kier molecular flexibility index (Phi) is 7.23. The van der Waals surface area contributed by atoms with Crippen LogP contribution in [0.3, 0.4) is 0 Å². The van der Waals surface area contributed by atoms with Gasteiger partial charge in [-0.25, -0.2) is 0 Å². The highest BCUT2D eigenvalue weighted by molar-refractivity contribution is 6.26. The lowest BCUT2D eigenvalue weighted by Gasteiger charge is -2.18. The third-order valence-electron chi connectivity index (χ3n) is 13.0. The Morgan fingerprint density at radius 3 is 1.70 bits per heavy atom. The third kappa shape index (κ3) is 4.73. The minimum atomic E-state index is 0.913. The molecule has 4 aromatic heterocycles. The van der Waals surface area contributed by atoms with Crippen LogP contribution in [0.2, 0.25) is 0 Å². The summed E-state index contributed by atoms with van der Waals surface area (Å²) in [6.45, 7) is 0. The van der Waals surface area contributed by atoms with E-state index >= 15 is 0 Å². The maximum absolute atomic E-state index is 2.56. The van der Waals surface area contributed by atoms with Gasteiger partial charge in [0.25, 0.3) is 0 Å². The number of allylic oxidation sites excluding steroid dienone is 3. The van der Waals surface area contributed by atoms with Crippen LogP contribution in [0.25, 0.3) is 106 Å². The van der Waals surface area contributed by atoms with Crippen molar-refractivity contribution < 1.29 is 0 Å². The fourth-order valence-corrected chi connectivity index (χ4v) is 10.6. The molecule has 4 heteroatoms. The minimum Gasteiger partial charge on any atom is -0.309 e. The van der Waals surface area contributed by atoms with Gasteiger partial charge < -0.3 is 18.3 Å². The van der Waals surface area contributed by atoms with Crippen molar-refractivity contribution in [3.63, 3.8) is 0 Å². The number of hydrogen-bond donors (Lipinski definition) is 0. The standard InChI is InChI=1S/C56H40N4/c1-4-18-37(19-5-1)57-53-31-17-13-25-47(53)55-54(57)33-32-46-45-24-12-16-30-52(45)60(56(46)55)40-35-38(58-48-26-8-2-6-20-41(48)43-22-10-14-28-50(43)58)34-39(36-40)59-49-27-9-3-7-21-42(49)44-23-11-15-29-51(44)59/h1,4-6,8-20,22-36H,2-3,7,21H2. The second kappa shape index (κ2) is 13.0. The van der Waals surface area contributed by atoms with Gasteiger partial charge in [-0.15, -0.1) is 0 Å². The molecule has 0 amide bonds. The predicted molar refractivity (Wildman–Crippen MR) is 253 cm³/mol. The summed E-state index contributed by atoms with van der Waals surface area (Å²) in [5.41, 5.74) is 17.0. The molecular weight excluding hydrogens is 729 g/mol. The van der Waals surface area contributed by atoms with Crippen molar-refractivity contribution in [2.24, 2.45) is 0 Å². The first-order valence-corrected chi connectivity index (χ1v) is 21.2. The maximum Gasteiger partial charge on any atom is 0.0641 e. The highest BCUT2D eigenvalue weighted by Crippen LogP contribution is 2.44. The van der Waals surface area contributed by atoms with Gasteiger partial charge in [-0.2, -0.15) is 0 Å². The summed E-state index contributed by atoms with van der Waals surface area (Å²) in [5.74, 6) is 0. The van der Waals surface area contributed by atoms with Gasteiger partial charge in [0.05, 0.1) is 55.9 Å². The third-order valence-corrected chi connectivity index (χ3v) is 13.0. The van der Waals surface area contributed by atoms with Gasteiger partial charge in [-0.05, 0) is 104 Å². The van der Waals surface area contributed by atoms with Crippen molar-refractivity contribution in [1.29, 1.82) is 0 Å². The molecule has 0 saturated heterocycles. The maximum atomic E-state index is 2.56. The summed E-state index contributed by atoms with van der Waals surface area (Å²) in [6.07, 6.45) is 18.2. The fourth-order valence-electron chi connectivity index (χ4n) is 10.6. The number of aromatic nitrogens is 4. The molecule has 11 aromatic rings. The Bertz CT molecular complexity index is 3650. The zero-order valence-electron chi connectivity index (χ0n) is 33.1. The Labute approximate surface area is 347 Å². The zero-order chi connectivity index (χ0) is 39.3. The predicted octanol–water partition coefficient (Wildman–Crippen LogP) is 14.5. The second-order valence-corrected chi connectivity index (χ2v) is 16.3. The first-order chi connectivity index (χ1) is 29.8. The molecule has 0 fully saturated rings. The van der Waals surface area contributed by atoms with Crippen molar-refractivity contribution in [3.8, 4) is 22.7 Å². The Morgan fingerprint density at radius 1 is 0.367 bits per heavy atom. The van der Waals surface area contributed by atoms with Crippen LogP contribution >= 0.6 is 0 Å². The summed E-state index contributed by atoms with van der Waals surface area (Å²) >= 11 is 0. The smallest absolute Gasteiger partial charge is 0.0641 e. The van der Waals surface area contributed by atoms with E-state index in [2.05, 4.69) is 212 Å². The van der Waals surface area contributed by atoms with Gasteiger partial charge in [0.15, 0.2) is 0 Å². The molecule has 2 aliphatic rings. The highest BCUT2D eigenvalue weighted by Gasteiger charge is 2.25. The Hall–Kier alpha value is -7.56. The highest BCUT2D eigenvalue weighted by atomic mass is 15.1. The van der Waals surface area contributed by atoms with Crippen LogP contribution < -0.4 is 0 Å². The lowest BCUT2D eigenvalue weighted by molar-refractivity contribution is 0.854. The second-order valence-electron chi connectivity index (χ2n) is 16.3. The van der Waals surface area contributed by atoms with E-state index in [1.54, 1.807) is 0 Å². The van der Waals surface area contributed by atoms with Gasteiger partial charge in [0.1, 0.15) is 0 Å². The normalized spacial score (nSPS) is 13.9. The molecule has 0 atom stereocenters. The van der Waals surface area contributed by atoms with E-state index in [-0.39, 0.29) is 0 Å². The van der Waals surface area contributed by atoms with Gasteiger partial charge in [-0.3, -0.25) is 0 Å². The number of benzene rings is 7. The van der Waals surface area contributed by atoms with E-state index in [4.69, 9.17) is 0 Å². The average Bonchev–Trinajstić information content (AvgIpc) is 3.88. The van der Waals surface area contributed by atoms with E-state index in [0.29, 0.717) is 0 Å². The average molecular weight is 769 g/mol. The van der Waals surface area contributed by atoms with Crippen molar-refractivity contribution in [2.75, 3.05) is 0 Å². The molecule has 4 heterocycles. The van der Waals surface area contributed by atoms with Crippen LogP contribution in [0, 0.1) is 0 Å². The summed E-state index contributed by atoms with van der Waals surface area (Å²) in [5, 5.41) is 7.59. The van der Waals surface area contributed by atoms with Crippen molar-refractivity contribution in [1.82, 2.24) is 18.3 Å². The fraction of sp³-hybridized carbons (Fsp3) is 0.0714. The number of rotatable bonds is 4. The van der Waals surface area contributed by atoms with Gasteiger partial charge in [-0.1, -0.05) is 121 Å². The van der Waals surface area contributed by atoms with Crippen LogP contribution in [0.5, 0.6) is 0 Å². The SMILES string of the molecule is C1=Cc2c(n(-c3cc(-n4c5c(c6ccccc64)CCCC=C5)cc(-n4c5ccccc5c5ccc6c(c7ccccc7n6-c6ccccc6)c54)c3)c3ccccc23)C=CC1. The molecule has 60 heavy (non-hydrogen) atoms. The van der Waals surface area contributed by atoms with Crippen LogP contribution in [0.4, 0.5) is 0 Å². The molecule has 0 saturated carbocycles. The zero-order valence-corrected chi connectivity index (χ0v) is 33.1. The molecule has 2 aliphatic carbocycles. The van der Waals surface area contributed by atoms with Crippen LogP contribution in [-0.2, 0) is 6.42 Å². The quantitative estimate of drug-likeness (QED) is 0.170. The molecule has 0 unspecified atom stereocenters. The molecule has 13 rings (SSSR count). The number of aryl methyl sites for hydroxylation is 1. The van der Waals surface area contributed by atoms with Crippen LogP contribution in [-0.4, -0.2) is 18.3 Å². The van der Waals surface area contributed by atoms with Crippen molar-refractivity contribution in [3.05, 3.63) is 198 Å². The molecule has 0 aliphatic heterocycles. The lowest BCUT2D eigenvalue weighted by atomic mass is 10.1. The molecule has 0 N–H and O–H groups in total. The lowest BCUT2D eigenvalue weighted by Crippen LogP contribution is -2.05. The number of fused-ring (bicyclic) bond motifs is 13. The summed E-state index contributed by atoms with van der Waals surface area (Å²) in [4.78, 5) is 0. The molecule has 0 radical (unpaired) electrons. The monoisotopic (exact) mass is 768 g/mol. The van der Waals surface area contributed by atoms with Gasteiger partial charge in [0, 0.05) is 49.3 Å². The van der Waals surface area contributed by atoms with Gasteiger partial charge in [0.2, 0.25) is 0 Å². The number of hydrogen-bond acceptors (Lipinski definition) is 0. The molecular formula is C56H40N4. The molecule has 0 spiro atoms. The minimum absolute atomic E-state index is 0.913. The first kappa shape index (κ1) is 33.4. The van der Waals surface area contributed by atoms with E-state index in [0.717, 1.165) is 48.4 Å². The molecule has 7 aromatic carbocycles. The Morgan fingerprint density at radius 2 is 0.933 bits per heavy atom. The Balaban J connectivity index is 1.21. The van der Waals surface area contributed by atoms with E-state index in [9.17, 15) is 0 Å². The number of para-hydroxylation sites is 5. The van der Waals surface area contributed by atoms with Crippen LogP contribution in [0.15, 0.2) is 176 Å². The van der Waals surface area contributed by atoms with E-state index < -0.39 is 0 Å². The van der Waals surface area contributed by atoms with Gasteiger partial charge >= 0.3 is 0 Å². The topological polar surface area (TPSA) is 19.7 Å². The summed E-state index contributed by atoms with van der Waals surface area (Å²) < 4.78 is 10.0. The van der Waals surface area contributed by atoms with Crippen LogP contribution in [0.1, 0.15) is 41.8 Å². The van der Waals surface area contributed by atoms with E-state index in [1.807, 2.05) is 0 Å². The van der Waals surface area contributed by atoms with Crippen molar-refractivity contribution >= 4 is 83.6 Å². The molecule has 284 valence electrons. The summed E-state index contributed by atoms with van der Waals surface area (Å²) in [7, 11) is 0. The molecule has 0 bridgehead atoms.